The van der Waals surface area contributed by atoms with E-state index in [1.807, 2.05) is 10.9 Å². The number of rotatable bonds is 4. The second-order valence-electron chi connectivity index (χ2n) is 4.95. The first kappa shape index (κ1) is 12.2. The molecule has 0 saturated carbocycles. The molecule has 1 atom stereocenters. The summed E-state index contributed by atoms with van der Waals surface area (Å²) in [6.07, 6.45) is 5.16. The van der Waals surface area contributed by atoms with E-state index in [4.69, 9.17) is 5.73 Å². The lowest BCUT2D eigenvalue weighted by molar-refractivity contribution is 0.639. The van der Waals surface area contributed by atoms with Crippen molar-refractivity contribution in [3.05, 3.63) is 47.8 Å². The maximum atomic E-state index is 6.01. The van der Waals surface area contributed by atoms with Crippen LogP contribution in [0.15, 0.2) is 36.7 Å². The molecule has 4 heteroatoms. The third-order valence-electron chi connectivity index (χ3n) is 3.88. The summed E-state index contributed by atoms with van der Waals surface area (Å²) in [5.74, 6) is 0. The molecular weight excluding hydrogens is 236 g/mol. The number of nitrogens with two attached hydrogens (primary N) is 1. The van der Waals surface area contributed by atoms with E-state index in [1.54, 1.807) is 0 Å². The zero-order chi connectivity index (χ0) is 13.2. The number of hydrogen-bond acceptors (Lipinski definition) is 3. The van der Waals surface area contributed by atoms with Gasteiger partial charge in [-0.25, -0.2) is 0 Å². The zero-order valence-electron chi connectivity index (χ0n) is 11.3. The minimum atomic E-state index is 0.226. The number of benzene rings is 1. The molecule has 0 radical (unpaired) electrons. The fraction of sp³-hybridized carbons (Fsp3) is 0.400. The number of aromatic nitrogens is 2. The Morgan fingerprint density at radius 2 is 2.21 bits per heavy atom. The van der Waals surface area contributed by atoms with Gasteiger partial charge >= 0.3 is 0 Å². The minimum absolute atomic E-state index is 0.226. The van der Waals surface area contributed by atoms with Gasteiger partial charge in [0.05, 0.1) is 12.2 Å². The Morgan fingerprint density at radius 1 is 1.37 bits per heavy atom. The van der Waals surface area contributed by atoms with Crippen molar-refractivity contribution in [3.8, 4) is 0 Å². The first-order valence-corrected chi connectivity index (χ1v) is 6.90. The van der Waals surface area contributed by atoms with Gasteiger partial charge in [0.25, 0.3) is 0 Å². The van der Waals surface area contributed by atoms with Gasteiger partial charge in [-0.3, -0.25) is 4.68 Å². The Hall–Kier alpha value is -1.81. The summed E-state index contributed by atoms with van der Waals surface area (Å²) in [5.41, 5.74) is 9.96. The highest BCUT2D eigenvalue weighted by Crippen LogP contribution is 2.34. The van der Waals surface area contributed by atoms with Crippen LogP contribution in [0.4, 0.5) is 5.69 Å². The molecule has 2 N–H and O–H groups in total. The van der Waals surface area contributed by atoms with E-state index in [9.17, 15) is 0 Å². The second-order valence-corrected chi connectivity index (χ2v) is 4.95. The minimum Gasteiger partial charge on any atom is -0.363 e. The van der Waals surface area contributed by atoms with Crippen LogP contribution in [0.2, 0.25) is 0 Å². The molecule has 2 heterocycles. The van der Waals surface area contributed by atoms with Gasteiger partial charge < -0.3 is 10.6 Å². The van der Waals surface area contributed by atoms with E-state index in [-0.39, 0.29) is 6.04 Å². The number of anilines is 1. The number of nitrogens with zero attached hydrogens (tertiary/aromatic N) is 3. The number of hydrogen-bond donors (Lipinski definition) is 1. The van der Waals surface area contributed by atoms with Gasteiger partial charge in [-0.2, -0.15) is 5.10 Å². The van der Waals surface area contributed by atoms with E-state index in [0.717, 1.165) is 19.5 Å². The fourth-order valence-corrected chi connectivity index (χ4v) is 2.86. The molecular formula is C15H20N4. The molecule has 100 valence electrons. The summed E-state index contributed by atoms with van der Waals surface area (Å²) >= 11 is 0. The second kappa shape index (κ2) is 5.05. The van der Waals surface area contributed by atoms with Gasteiger partial charge in [-0.05, 0) is 25.0 Å². The molecule has 3 rings (SSSR count). The number of para-hydroxylation sites is 1. The molecule has 2 aromatic rings. The van der Waals surface area contributed by atoms with Crippen LogP contribution in [0.1, 0.15) is 24.1 Å². The van der Waals surface area contributed by atoms with Gasteiger partial charge in [-0.15, -0.1) is 0 Å². The molecule has 0 saturated heterocycles. The maximum Gasteiger partial charge on any atom is 0.0695 e. The van der Waals surface area contributed by atoms with Crippen LogP contribution in [0, 0.1) is 0 Å². The Labute approximate surface area is 113 Å². The predicted octanol–water partition coefficient (Wildman–Crippen LogP) is 1.97. The van der Waals surface area contributed by atoms with Crippen LogP contribution in [0.5, 0.6) is 0 Å². The molecule has 1 aliphatic rings. The van der Waals surface area contributed by atoms with Crippen LogP contribution >= 0.6 is 0 Å². The van der Waals surface area contributed by atoms with Crippen molar-refractivity contribution in [2.24, 2.45) is 5.73 Å². The third kappa shape index (κ3) is 2.12. The molecule has 1 aromatic heterocycles. The average Bonchev–Trinajstić information content (AvgIpc) is 3.07. The van der Waals surface area contributed by atoms with Crippen molar-refractivity contribution < 1.29 is 0 Å². The summed E-state index contributed by atoms with van der Waals surface area (Å²) in [6, 6.07) is 8.83. The predicted molar refractivity (Wildman–Crippen MR) is 77.2 cm³/mol. The highest BCUT2D eigenvalue weighted by atomic mass is 15.3. The lowest BCUT2D eigenvalue weighted by atomic mass is 10.1. The van der Waals surface area contributed by atoms with Crippen molar-refractivity contribution in [2.45, 2.75) is 25.9 Å². The molecule has 0 spiro atoms. The summed E-state index contributed by atoms with van der Waals surface area (Å²) in [6.45, 7) is 4.65. The Balaban J connectivity index is 1.91. The van der Waals surface area contributed by atoms with Crippen LogP contribution in [0.3, 0.4) is 0 Å². The van der Waals surface area contributed by atoms with E-state index in [1.165, 1.54) is 16.8 Å². The molecule has 19 heavy (non-hydrogen) atoms. The normalized spacial score (nSPS) is 15.6. The van der Waals surface area contributed by atoms with E-state index in [0.29, 0.717) is 6.54 Å². The maximum absolute atomic E-state index is 6.01. The summed E-state index contributed by atoms with van der Waals surface area (Å²) < 4.78 is 1.96. The third-order valence-corrected chi connectivity index (χ3v) is 3.88. The van der Waals surface area contributed by atoms with Crippen molar-refractivity contribution in [1.29, 1.82) is 0 Å². The average molecular weight is 256 g/mol. The Morgan fingerprint density at radius 3 is 2.95 bits per heavy atom. The lowest BCUT2D eigenvalue weighted by Crippen LogP contribution is -2.32. The van der Waals surface area contributed by atoms with Crippen molar-refractivity contribution in [3.63, 3.8) is 0 Å². The largest absolute Gasteiger partial charge is 0.363 e. The summed E-state index contributed by atoms with van der Waals surface area (Å²) in [4.78, 5) is 2.41. The van der Waals surface area contributed by atoms with Crippen LogP contribution in [-0.4, -0.2) is 22.9 Å². The smallest absolute Gasteiger partial charge is 0.0695 e. The molecule has 0 fully saturated rings. The monoisotopic (exact) mass is 256 g/mol. The highest BCUT2D eigenvalue weighted by Gasteiger charge is 2.26. The molecule has 4 nitrogen and oxygen atoms in total. The quantitative estimate of drug-likeness (QED) is 0.909. The van der Waals surface area contributed by atoms with Crippen molar-refractivity contribution in [2.75, 3.05) is 18.0 Å². The van der Waals surface area contributed by atoms with Crippen LogP contribution < -0.4 is 10.6 Å². The van der Waals surface area contributed by atoms with Gasteiger partial charge in [0.2, 0.25) is 0 Å². The standard InChI is InChI=1S/C15H20N4/c1-2-18-11-13(10-17-18)15(9-16)19-8-7-12-5-3-4-6-14(12)19/h3-6,10-11,15H,2,7-9,16H2,1H3. The Bertz CT molecular complexity index is 561. The first-order chi connectivity index (χ1) is 9.33. The summed E-state index contributed by atoms with van der Waals surface area (Å²) in [7, 11) is 0. The van der Waals surface area contributed by atoms with E-state index >= 15 is 0 Å². The molecule has 1 aliphatic heterocycles. The topological polar surface area (TPSA) is 47.1 Å². The lowest BCUT2D eigenvalue weighted by Gasteiger charge is -2.28. The SMILES string of the molecule is CCn1cc(C(CN)N2CCc3ccccc32)cn1. The number of fused-ring (bicyclic) bond motifs is 1. The molecule has 0 amide bonds. The van der Waals surface area contributed by atoms with Gasteiger partial charge in [0, 0.05) is 37.1 Å². The first-order valence-electron chi connectivity index (χ1n) is 6.90. The van der Waals surface area contributed by atoms with E-state index < -0.39 is 0 Å². The van der Waals surface area contributed by atoms with Gasteiger partial charge in [0.15, 0.2) is 0 Å². The van der Waals surface area contributed by atoms with E-state index in [2.05, 4.69) is 47.4 Å². The Kier molecular flexibility index (Phi) is 3.25. The fourth-order valence-electron chi connectivity index (χ4n) is 2.86. The molecule has 0 bridgehead atoms. The van der Waals surface area contributed by atoms with Crippen molar-refractivity contribution >= 4 is 5.69 Å². The highest BCUT2D eigenvalue weighted by molar-refractivity contribution is 5.59. The van der Waals surface area contributed by atoms with Crippen molar-refractivity contribution in [1.82, 2.24) is 9.78 Å². The zero-order valence-corrected chi connectivity index (χ0v) is 11.3. The summed E-state index contributed by atoms with van der Waals surface area (Å²) in [5, 5.41) is 4.37. The molecule has 0 aliphatic carbocycles. The molecule has 1 unspecified atom stereocenters. The molecule has 1 aromatic carbocycles. The van der Waals surface area contributed by atoms with Gasteiger partial charge in [-0.1, -0.05) is 18.2 Å². The van der Waals surface area contributed by atoms with Crippen LogP contribution in [0.25, 0.3) is 0 Å². The number of aryl methyl sites for hydroxylation is 1. The van der Waals surface area contributed by atoms with Gasteiger partial charge in [0.1, 0.15) is 0 Å². The van der Waals surface area contributed by atoms with Crippen LogP contribution in [-0.2, 0) is 13.0 Å².